The molecule has 0 spiro atoms. The maximum atomic E-state index is 11.6. The van der Waals surface area contributed by atoms with Gasteiger partial charge >= 0.3 is 0 Å². The Hall–Kier alpha value is -1.82. The predicted molar refractivity (Wildman–Crippen MR) is 107 cm³/mol. The van der Waals surface area contributed by atoms with Crippen LogP contribution in [0.15, 0.2) is 24.4 Å². The monoisotopic (exact) mass is 407 g/mol. The van der Waals surface area contributed by atoms with Gasteiger partial charge in [-0.3, -0.25) is 14.7 Å². The lowest BCUT2D eigenvalue weighted by Gasteiger charge is -2.38. The van der Waals surface area contributed by atoms with Crippen molar-refractivity contribution in [3.63, 3.8) is 0 Å². The Balaban J connectivity index is 1.61. The zero-order chi connectivity index (χ0) is 19.6. The fourth-order valence-corrected chi connectivity index (χ4v) is 3.64. The highest BCUT2D eigenvalue weighted by Crippen LogP contribution is 2.28. The maximum absolute atomic E-state index is 11.6. The molecule has 0 bridgehead atoms. The number of aromatic nitrogens is 1. The first-order chi connectivity index (χ1) is 12.9. The number of amides is 1. The first kappa shape index (κ1) is 19.9. The Morgan fingerprint density at radius 3 is 2.48 bits per heavy atom. The molecular weight excluding hydrogens is 385 g/mol. The molecule has 1 aliphatic heterocycles. The lowest BCUT2D eigenvalue weighted by Crippen LogP contribution is -2.52. The number of likely N-dealkylation sites (tertiary alicyclic amines) is 1. The molecule has 144 valence electrons. The number of nitrogens with one attached hydrogen (secondary N) is 1. The molecular formula is C20H23Cl2N3O2. The fraction of sp³-hybridized carbons (Fsp3) is 0.400. The molecule has 1 N–H and O–H groups in total. The van der Waals surface area contributed by atoms with Crippen molar-refractivity contribution in [1.29, 1.82) is 0 Å². The first-order valence-corrected chi connectivity index (χ1v) is 9.59. The molecule has 0 radical (unpaired) electrons. The van der Waals surface area contributed by atoms with Gasteiger partial charge in [0.25, 0.3) is 0 Å². The highest BCUT2D eigenvalue weighted by Gasteiger charge is 2.31. The lowest BCUT2D eigenvalue weighted by atomic mass is 9.97. The Kier molecular flexibility index (Phi) is 6.25. The fourth-order valence-electron chi connectivity index (χ4n) is 3.36. The molecule has 1 saturated heterocycles. The lowest BCUT2D eigenvalue weighted by molar-refractivity contribution is -0.129. The van der Waals surface area contributed by atoms with E-state index < -0.39 is 0 Å². The minimum atomic E-state index is 0.110. The van der Waals surface area contributed by atoms with Gasteiger partial charge in [-0.15, -0.1) is 0 Å². The van der Waals surface area contributed by atoms with E-state index in [2.05, 4.69) is 27.3 Å². The van der Waals surface area contributed by atoms with Gasteiger partial charge in [0.05, 0.1) is 21.7 Å². The summed E-state index contributed by atoms with van der Waals surface area (Å²) in [5, 5.41) is 3.61. The molecule has 27 heavy (non-hydrogen) atoms. The van der Waals surface area contributed by atoms with Gasteiger partial charge in [-0.1, -0.05) is 35.3 Å². The van der Waals surface area contributed by atoms with Crippen LogP contribution in [-0.4, -0.2) is 35.9 Å². The minimum absolute atomic E-state index is 0.110. The van der Waals surface area contributed by atoms with Crippen molar-refractivity contribution in [3.8, 4) is 5.75 Å². The van der Waals surface area contributed by atoms with Crippen molar-refractivity contribution < 1.29 is 9.53 Å². The third-order valence-electron chi connectivity index (χ3n) is 4.73. The molecule has 1 aromatic carbocycles. The van der Waals surface area contributed by atoms with Crippen LogP contribution >= 0.6 is 23.2 Å². The van der Waals surface area contributed by atoms with Gasteiger partial charge < -0.3 is 10.1 Å². The number of ether oxygens (including phenoxy) is 1. The first-order valence-electron chi connectivity index (χ1n) is 8.84. The second-order valence-corrected chi connectivity index (χ2v) is 7.76. The van der Waals surface area contributed by atoms with E-state index in [0.29, 0.717) is 16.7 Å². The SMILES string of the molecule is CNC(=O)C1CN(Cc2cc(C)c(OCc3cc(Cl)c(Cl)cn3)c(C)c2)C1. The average molecular weight is 408 g/mol. The van der Waals surface area contributed by atoms with Crippen LogP contribution in [0.4, 0.5) is 0 Å². The van der Waals surface area contributed by atoms with Gasteiger partial charge in [-0.2, -0.15) is 0 Å². The molecule has 5 nitrogen and oxygen atoms in total. The van der Waals surface area contributed by atoms with Crippen LogP contribution in [0.1, 0.15) is 22.4 Å². The highest BCUT2D eigenvalue weighted by atomic mass is 35.5. The number of rotatable bonds is 6. The van der Waals surface area contributed by atoms with Crippen LogP contribution in [0.25, 0.3) is 0 Å². The standard InChI is InChI=1S/C20H23Cl2N3O2/c1-12-4-14(8-25-9-15(10-25)20(26)23-3)5-13(2)19(12)27-11-16-6-17(21)18(22)7-24-16/h4-7,15H,8-11H2,1-3H3,(H,23,26). The van der Waals surface area contributed by atoms with Crippen LogP contribution in [0, 0.1) is 19.8 Å². The zero-order valence-corrected chi connectivity index (χ0v) is 17.2. The number of carbonyl (C=O) groups is 1. The van der Waals surface area contributed by atoms with E-state index in [0.717, 1.165) is 42.2 Å². The summed E-state index contributed by atoms with van der Waals surface area (Å²) in [6, 6.07) is 5.99. The van der Waals surface area contributed by atoms with Crippen molar-refractivity contribution in [3.05, 3.63) is 56.8 Å². The molecule has 7 heteroatoms. The summed E-state index contributed by atoms with van der Waals surface area (Å²) < 4.78 is 5.98. The van der Waals surface area contributed by atoms with Crippen LogP contribution in [0.2, 0.25) is 10.0 Å². The molecule has 0 unspecified atom stereocenters. The van der Waals surface area contributed by atoms with Crippen molar-refractivity contribution in [2.75, 3.05) is 20.1 Å². The topological polar surface area (TPSA) is 54.5 Å². The van der Waals surface area contributed by atoms with E-state index in [1.165, 1.54) is 11.8 Å². The van der Waals surface area contributed by atoms with Crippen molar-refractivity contribution in [1.82, 2.24) is 15.2 Å². The number of carbonyl (C=O) groups excluding carboxylic acids is 1. The summed E-state index contributed by atoms with van der Waals surface area (Å²) in [7, 11) is 1.68. The second-order valence-electron chi connectivity index (χ2n) is 6.94. The van der Waals surface area contributed by atoms with Crippen LogP contribution in [-0.2, 0) is 17.9 Å². The number of halogens is 2. The van der Waals surface area contributed by atoms with Gasteiger partial charge in [0.15, 0.2) is 0 Å². The Bertz CT molecular complexity index is 828. The molecule has 2 heterocycles. The molecule has 1 aromatic heterocycles. The summed E-state index contributed by atoms with van der Waals surface area (Å²) in [5.74, 6) is 1.09. The molecule has 1 aliphatic rings. The van der Waals surface area contributed by atoms with E-state index >= 15 is 0 Å². The normalized spacial score (nSPS) is 14.7. The molecule has 0 saturated carbocycles. The number of aryl methyl sites for hydroxylation is 2. The van der Waals surface area contributed by atoms with Crippen LogP contribution in [0.5, 0.6) is 5.75 Å². The average Bonchev–Trinajstić information content (AvgIpc) is 2.59. The third-order valence-corrected chi connectivity index (χ3v) is 5.44. The summed E-state index contributed by atoms with van der Waals surface area (Å²) in [4.78, 5) is 18.1. The van der Waals surface area contributed by atoms with E-state index in [1.807, 2.05) is 13.8 Å². The molecule has 0 aliphatic carbocycles. The second kappa shape index (κ2) is 8.46. The number of benzene rings is 1. The maximum Gasteiger partial charge on any atom is 0.225 e. The van der Waals surface area contributed by atoms with E-state index in [9.17, 15) is 4.79 Å². The number of pyridine rings is 1. The molecule has 0 atom stereocenters. The summed E-state index contributed by atoms with van der Waals surface area (Å²) >= 11 is 11.9. The molecule has 2 aromatic rings. The Labute approximate surface area is 169 Å². The van der Waals surface area contributed by atoms with Gasteiger partial charge in [-0.25, -0.2) is 0 Å². The van der Waals surface area contributed by atoms with E-state index in [1.54, 1.807) is 13.1 Å². The molecule has 1 fully saturated rings. The minimum Gasteiger partial charge on any atom is -0.487 e. The summed E-state index contributed by atoms with van der Waals surface area (Å²) in [6.45, 7) is 6.86. The Morgan fingerprint density at radius 2 is 1.89 bits per heavy atom. The van der Waals surface area contributed by atoms with Crippen LogP contribution < -0.4 is 10.1 Å². The van der Waals surface area contributed by atoms with Gasteiger partial charge in [0.1, 0.15) is 12.4 Å². The largest absolute Gasteiger partial charge is 0.487 e. The van der Waals surface area contributed by atoms with E-state index in [-0.39, 0.29) is 11.8 Å². The Morgan fingerprint density at radius 1 is 1.22 bits per heavy atom. The van der Waals surface area contributed by atoms with Crippen LogP contribution in [0.3, 0.4) is 0 Å². The number of nitrogens with zero attached hydrogens (tertiary/aromatic N) is 2. The van der Waals surface area contributed by atoms with Gasteiger partial charge in [-0.05, 0) is 36.6 Å². The smallest absolute Gasteiger partial charge is 0.225 e. The zero-order valence-electron chi connectivity index (χ0n) is 15.7. The highest BCUT2D eigenvalue weighted by molar-refractivity contribution is 6.41. The molecule has 1 amide bonds. The number of hydrogen-bond acceptors (Lipinski definition) is 4. The van der Waals surface area contributed by atoms with Crippen molar-refractivity contribution >= 4 is 29.1 Å². The summed E-state index contributed by atoms with van der Waals surface area (Å²) in [6.07, 6.45) is 1.53. The van der Waals surface area contributed by atoms with Gasteiger partial charge in [0.2, 0.25) is 5.91 Å². The summed E-state index contributed by atoms with van der Waals surface area (Å²) in [5.41, 5.74) is 4.11. The quantitative estimate of drug-likeness (QED) is 0.791. The van der Waals surface area contributed by atoms with Crippen molar-refractivity contribution in [2.45, 2.75) is 27.0 Å². The van der Waals surface area contributed by atoms with E-state index in [4.69, 9.17) is 27.9 Å². The van der Waals surface area contributed by atoms with Crippen molar-refractivity contribution in [2.24, 2.45) is 5.92 Å². The molecule has 3 rings (SSSR count). The van der Waals surface area contributed by atoms with Gasteiger partial charge in [0, 0.05) is 32.9 Å². The third kappa shape index (κ3) is 4.72. The predicted octanol–water partition coefficient (Wildman–Crippen LogP) is 3.76. The number of hydrogen-bond donors (Lipinski definition) is 1.